The molecule has 0 saturated carbocycles. The van der Waals surface area contributed by atoms with E-state index in [2.05, 4.69) is 17.6 Å². The summed E-state index contributed by atoms with van der Waals surface area (Å²) in [5.41, 5.74) is 0.953. The Labute approximate surface area is 114 Å². The smallest absolute Gasteiger partial charge is 0.262 e. The molecule has 1 aliphatic heterocycles. The van der Waals surface area contributed by atoms with Crippen molar-refractivity contribution < 1.29 is 9.53 Å². The molecule has 1 atom stereocenters. The average Bonchev–Trinajstić information content (AvgIpc) is 2.46. The van der Waals surface area contributed by atoms with Gasteiger partial charge in [-0.1, -0.05) is 38.3 Å². The summed E-state index contributed by atoms with van der Waals surface area (Å²) in [7, 11) is 0. The minimum absolute atomic E-state index is 0.0292. The van der Waals surface area contributed by atoms with Crippen LogP contribution in [0.5, 0.6) is 5.75 Å². The zero-order valence-corrected chi connectivity index (χ0v) is 11.4. The van der Waals surface area contributed by atoms with Crippen LogP contribution in [0.25, 0.3) is 0 Å². The Balaban J connectivity index is 1.76. The Kier molecular flexibility index (Phi) is 5.07. The highest BCUT2D eigenvalue weighted by Gasteiger charge is 2.24. The Hall–Kier alpha value is -1.71. The lowest BCUT2D eigenvalue weighted by Crippen LogP contribution is -2.44. The number of fused-ring (bicyclic) bond motifs is 1. The van der Waals surface area contributed by atoms with E-state index >= 15 is 0 Å². The monoisotopic (exact) mass is 262 g/mol. The highest BCUT2D eigenvalue weighted by Crippen LogP contribution is 2.28. The van der Waals surface area contributed by atoms with Gasteiger partial charge in [-0.25, -0.2) is 0 Å². The number of unbranched alkanes of at least 4 members (excludes halogenated alkanes) is 3. The number of nitrogens with one attached hydrogen (secondary N) is 2. The maximum Gasteiger partial charge on any atom is 0.262 e. The summed E-state index contributed by atoms with van der Waals surface area (Å²) in [6.07, 6.45) is 4.21. The third-order valence-electron chi connectivity index (χ3n) is 3.26. The first-order valence-electron chi connectivity index (χ1n) is 7.08. The second-order valence-electron chi connectivity index (χ2n) is 4.84. The molecule has 0 fully saturated rings. The van der Waals surface area contributed by atoms with Crippen molar-refractivity contribution in [2.24, 2.45) is 0 Å². The lowest BCUT2D eigenvalue weighted by Gasteiger charge is -2.26. The first-order valence-corrected chi connectivity index (χ1v) is 7.08. The van der Waals surface area contributed by atoms with E-state index in [0.717, 1.165) is 24.4 Å². The normalized spacial score (nSPS) is 17.0. The number of anilines is 1. The van der Waals surface area contributed by atoms with Gasteiger partial charge in [-0.2, -0.15) is 0 Å². The van der Waals surface area contributed by atoms with E-state index in [4.69, 9.17) is 4.74 Å². The summed E-state index contributed by atoms with van der Waals surface area (Å²) in [6, 6.07) is 7.69. The standard InChI is InChI=1S/C15H22N2O2/c1-2-3-4-7-10-16-15(18)14-11-17-12-8-5-6-9-13(12)19-14/h5-6,8-9,14,17H,2-4,7,10-11H2,1H3,(H,16,18). The van der Waals surface area contributed by atoms with Crippen molar-refractivity contribution in [3.63, 3.8) is 0 Å². The number of amides is 1. The van der Waals surface area contributed by atoms with Crippen LogP contribution >= 0.6 is 0 Å². The lowest BCUT2D eigenvalue weighted by atomic mass is 10.2. The first kappa shape index (κ1) is 13.7. The molecule has 2 rings (SSSR count). The van der Waals surface area contributed by atoms with Crippen LogP contribution in [0.15, 0.2) is 24.3 Å². The molecule has 104 valence electrons. The zero-order valence-electron chi connectivity index (χ0n) is 11.4. The van der Waals surface area contributed by atoms with Gasteiger partial charge in [0.2, 0.25) is 0 Å². The minimum atomic E-state index is -0.430. The Morgan fingerprint density at radius 3 is 3.05 bits per heavy atom. The number of benzene rings is 1. The largest absolute Gasteiger partial charge is 0.477 e. The van der Waals surface area contributed by atoms with Crippen LogP contribution in [0.1, 0.15) is 32.6 Å². The molecule has 1 heterocycles. The third kappa shape index (κ3) is 3.88. The Morgan fingerprint density at radius 1 is 1.37 bits per heavy atom. The fourth-order valence-electron chi connectivity index (χ4n) is 2.14. The van der Waals surface area contributed by atoms with E-state index in [1.807, 2.05) is 24.3 Å². The van der Waals surface area contributed by atoms with Crippen molar-refractivity contribution in [1.29, 1.82) is 0 Å². The highest BCUT2D eigenvalue weighted by atomic mass is 16.5. The molecule has 0 aliphatic carbocycles. The predicted octanol–water partition coefficient (Wildman–Crippen LogP) is 2.56. The Bertz CT molecular complexity index is 420. The van der Waals surface area contributed by atoms with Crippen LogP contribution in [0.2, 0.25) is 0 Å². The van der Waals surface area contributed by atoms with E-state index in [1.165, 1.54) is 19.3 Å². The number of carbonyl (C=O) groups excluding carboxylic acids is 1. The molecule has 0 radical (unpaired) electrons. The van der Waals surface area contributed by atoms with Crippen LogP contribution in [0.4, 0.5) is 5.69 Å². The summed E-state index contributed by atoms with van der Waals surface area (Å²) >= 11 is 0. The number of ether oxygens (including phenoxy) is 1. The van der Waals surface area contributed by atoms with Gasteiger partial charge in [-0.3, -0.25) is 4.79 Å². The summed E-state index contributed by atoms with van der Waals surface area (Å²) in [6.45, 7) is 3.44. The van der Waals surface area contributed by atoms with Gasteiger partial charge in [0.25, 0.3) is 5.91 Å². The number of para-hydroxylation sites is 2. The molecule has 4 nitrogen and oxygen atoms in total. The zero-order chi connectivity index (χ0) is 13.5. The van der Waals surface area contributed by atoms with Gasteiger partial charge in [-0.15, -0.1) is 0 Å². The molecule has 0 saturated heterocycles. The van der Waals surface area contributed by atoms with Gasteiger partial charge in [-0.05, 0) is 18.6 Å². The molecule has 0 bridgehead atoms. The molecule has 0 spiro atoms. The van der Waals surface area contributed by atoms with Gasteiger partial charge in [0, 0.05) is 6.54 Å². The van der Waals surface area contributed by atoms with Crippen molar-refractivity contribution >= 4 is 11.6 Å². The first-order chi connectivity index (χ1) is 9.31. The van der Waals surface area contributed by atoms with Crippen molar-refractivity contribution in [3.8, 4) is 5.75 Å². The maximum absolute atomic E-state index is 12.0. The van der Waals surface area contributed by atoms with Crippen molar-refractivity contribution in [1.82, 2.24) is 5.32 Å². The van der Waals surface area contributed by atoms with E-state index in [9.17, 15) is 4.79 Å². The minimum Gasteiger partial charge on any atom is -0.477 e. The van der Waals surface area contributed by atoms with E-state index in [0.29, 0.717) is 6.54 Å². The topological polar surface area (TPSA) is 50.4 Å². The molecule has 1 unspecified atom stereocenters. The summed E-state index contributed by atoms with van der Waals surface area (Å²) in [5.74, 6) is 0.721. The average molecular weight is 262 g/mol. The highest BCUT2D eigenvalue weighted by molar-refractivity contribution is 5.83. The van der Waals surface area contributed by atoms with E-state index in [1.54, 1.807) is 0 Å². The summed E-state index contributed by atoms with van der Waals surface area (Å²) < 4.78 is 5.70. The second kappa shape index (κ2) is 7.02. The Morgan fingerprint density at radius 2 is 2.21 bits per heavy atom. The molecule has 1 aromatic rings. The molecule has 1 aliphatic rings. The fraction of sp³-hybridized carbons (Fsp3) is 0.533. The number of rotatable bonds is 6. The number of hydrogen-bond donors (Lipinski definition) is 2. The lowest BCUT2D eigenvalue weighted by molar-refractivity contribution is -0.127. The fourth-order valence-corrected chi connectivity index (χ4v) is 2.14. The molecular weight excluding hydrogens is 240 g/mol. The van der Waals surface area contributed by atoms with Gasteiger partial charge in [0.1, 0.15) is 5.75 Å². The van der Waals surface area contributed by atoms with Crippen LogP contribution in [0, 0.1) is 0 Å². The van der Waals surface area contributed by atoms with Gasteiger partial charge in [0.15, 0.2) is 6.10 Å². The molecule has 1 aromatic carbocycles. The third-order valence-corrected chi connectivity index (χ3v) is 3.26. The molecular formula is C15H22N2O2. The van der Waals surface area contributed by atoms with Gasteiger partial charge >= 0.3 is 0 Å². The van der Waals surface area contributed by atoms with Crippen LogP contribution in [-0.4, -0.2) is 25.1 Å². The van der Waals surface area contributed by atoms with Crippen molar-refractivity contribution in [2.75, 3.05) is 18.4 Å². The maximum atomic E-state index is 12.0. The molecule has 19 heavy (non-hydrogen) atoms. The second-order valence-corrected chi connectivity index (χ2v) is 4.84. The quantitative estimate of drug-likeness (QED) is 0.775. The van der Waals surface area contributed by atoms with Crippen molar-refractivity contribution in [2.45, 2.75) is 38.7 Å². The van der Waals surface area contributed by atoms with Gasteiger partial charge < -0.3 is 15.4 Å². The van der Waals surface area contributed by atoms with Crippen molar-refractivity contribution in [3.05, 3.63) is 24.3 Å². The van der Waals surface area contributed by atoms with Gasteiger partial charge in [0.05, 0.1) is 12.2 Å². The van der Waals surface area contributed by atoms with Crippen LogP contribution in [-0.2, 0) is 4.79 Å². The van der Waals surface area contributed by atoms with Crippen LogP contribution in [0.3, 0.4) is 0 Å². The molecule has 1 amide bonds. The summed E-state index contributed by atoms with van der Waals surface area (Å²) in [4.78, 5) is 12.0. The van der Waals surface area contributed by atoms with E-state index < -0.39 is 6.10 Å². The number of carbonyl (C=O) groups is 1. The molecule has 4 heteroatoms. The predicted molar refractivity (Wildman–Crippen MR) is 76.5 cm³/mol. The SMILES string of the molecule is CCCCCCNC(=O)C1CNc2ccccc2O1. The van der Waals surface area contributed by atoms with E-state index in [-0.39, 0.29) is 5.91 Å². The molecule has 2 N–H and O–H groups in total. The molecule has 0 aromatic heterocycles. The number of hydrogen-bond acceptors (Lipinski definition) is 3. The summed E-state index contributed by atoms with van der Waals surface area (Å²) in [5, 5.41) is 6.16. The van der Waals surface area contributed by atoms with Crippen LogP contribution < -0.4 is 15.4 Å².